The Morgan fingerprint density at radius 2 is 1.21 bits per heavy atom. The van der Waals surface area contributed by atoms with Crippen molar-refractivity contribution in [2.45, 2.75) is 26.2 Å². The molecule has 3 aliphatic rings. The van der Waals surface area contributed by atoms with E-state index < -0.39 is 0 Å². The molecule has 0 unspecified atom stereocenters. The first-order valence-electron chi connectivity index (χ1n) is 16.7. The molecule has 0 atom stereocenters. The molecule has 0 amide bonds. The maximum Gasteiger partial charge on any atom is 0.260 e. The Morgan fingerprint density at radius 3 is 1.94 bits per heavy atom. The summed E-state index contributed by atoms with van der Waals surface area (Å²) in [6.07, 6.45) is 0. The van der Waals surface area contributed by atoms with Crippen LogP contribution < -0.4 is 30.8 Å². The van der Waals surface area contributed by atoms with E-state index in [1.54, 1.807) is 0 Å². The average Bonchev–Trinajstić information content (AvgIpc) is 3.11. The minimum Gasteiger partial charge on any atom is -0.458 e. The van der Waals surface area contributed by atoms with E-state index in [-0.39, 0.29) is 12.1 Å². The molecule has 0 saturated carbocycles. The minimum absolute atomic E-state index is 0.0373. The third-order valence-corrected chi connectivity index (χ3v) is 10.6. The van der Waals surface area contributed by atoms with Crippen LogP contribution in [0.4, 0.5) is 17.1 Å². The van der Waals surface area contributed by atoms with E-state index in [2.05, 4.69) is 165 Å². The third kappa shape index (κ3) is 3.77. The average molecular weight is 618 g/mol. The second-order valence-corrected chi connectivity index (χ2v) is 13.8. The van der Waals surface area contributed by atoms with Crippen molar-refractivity contribution in [2.75, 3.05) is 4.90 Å². The molecule has 0 aromatic heterocycles. The molecule has 7 aromatic rings. The van der Waals surface area contributed by atoms with E-state index in [0.717, 1.165) is 51.1 Å². The number of aryl methyl sites for hydroxylation is 1. The van der Waals surface area contributed by atoms with Crippen LogP contribution in [0.1, 0.15) is 30.5 Å². The summed E-state index contributed by atoms with van der Waals surface area (Å²) in [6.45, 7) is 6.89. The number of nitrogens with zero attached hydrogens (tertiary/aromatic N) is 1. The minimum atomic E-state index is -0.249. The van der Waals surface area contributed by atoms with Crippen molar-refractivity contribution < 1.29 is 9.47 Å². The molecule has 0 radical (unpaired) electrons. The summed E-state index contributed by atoms with van der Waals surface area (Å²) < 4.78 is 13.3. The van der Waals surface area contributed by atoms with Gasteiger partial charge in [0.25, 0.3) is 6.71 Å². The normalized spacial score (nSPS) is 14.2. The Bertz CT molecular complexity index is 2410. The second-order valence-electron chi connectivity index (χ2n) is 13.8. The van der Waals surface area contributed by atoms with Gasteiger partial charge in [0.2, 0.25) is 0 Å². The Balaban J connectivity index is 1.22. The molecule has 4 heteroatoms. The highest BCUT2D eigenvalue weighted by molar-refractivity contribution is 6.98. The molecule has 2 heterocycles. The fourth-order valence-corrected chi connectivity index (χ4v) is 8.42. The molecule has 0 saturated heterocycles. The van der Waals surface area contributed by atoms with Crippen LogP contribution in [0.2, 0.25) is 0 Å². The summed E-state index contributed by atoms with van der Waals surface area (Å²) in [5, 5.41) is 2.54. The zero-order valence-electron chi connectivity index (χ0n) is 27.1. The van der Waals surface area contributed by atoms with Crippen molar-refractivity contribution >= 4 is 50.9 Å². The first-order chi connectivity index (χ1) is 23.5. The van der Waals surface area contributed by atoms with E-state index in [1.807, 2.05) is 0 Å². The van der Waals surface area contributed by atoms with Gasteiger partial charge in [-0.05, 0) is 106 Å². The molecule has 48 heavy (non-hydrogen) atoms. The lowest BCUT2D eigenvalue weighted by Crippen LogP contribution is -2.57. The molecule has 10 rings (SSSR count). The molecule has 3 nitrogen and oxygen atoms in total. The van der Waals surface area contributed by atoms with Gasteiger partial charge in [-0.25, -0.2) is 0 Å². The molecular formula is C44H32BNO2. The Labute approximate surface area is 281 Å². The Kier molecular flexibility index (Phi) is 5.64. The third-order valence-electron chi connectivity index (χ3n) is 10.6. The molecule has 228 valence electrons. The van der Waals surface area contributed by atoms with Crippen LogP contribution in [0.25, 0.3) is 21.9 Å². The number of benzene rings is 7. The lowest BCUT2D eigenvalue weighted by molar-refractivity contribution is 0.463. The van der Waals surface area contributed by atoms with Crippen LogP contribution in [0.3, 0.4) is 0 Å². The lowest BCUT2D eigenvalue weighted by atomic mass is 9.34. The predicted octanol–water partition coefficient (Wildman–Crippen LogP) is 9.65. The Hall–Kier alpha value is -5.74. The SMILES string of the molecule is Cc1cc2c3c(c1)Oc1cc4c(cc1B3c1ccccc1O2)C(C)(C)c1cccc2c(N(c3ccccc3)c3ccccc3)ccc-4c12. The number of para-hydroxylation sites is 3. The largest absolute Gasteiger partial charge is 0.458 e. The number of fused-ring (bicyclic) bond motifs is 6. The number of ether oxygens (including phenoxy) is 2. The molecular weight excluding hydrogens is 585 g/mol. The predicted molar refractivity (Wildman–Crippen MR) is 199 cm³/mol. The summed E-state index contributed by atoms with van der Waals surface area (Å²) >= 11 is 0. The number of anilines is 3. The summed E-state index contributed by atoms with van der Waals surface area (Å²) in [7, 11) is 0. The monoisotopic (exact) mass is 617 g/mol. The summed E-state index contributed by atoms with van der Waals surface area (Å²) in [5.41, 5.74) is 12.9. The van der Waals surface area contributed by atoms with Crippen LogP contribution >= 0.6 is 0 Å². The number of hydrogen-bond donors (Lipinski definition) is 0. The van der Waals surface area contributed by atoms with Gasteiger partial charge in [0.15, 0.2) is 0 Å². The van der Waals surface area contributed by atoms with Gasteiger partial charge in [0, 0.05) is 27.6 Å². The van der Waals surface area contributed by atoms with Crippen LogP contribution in [-0.4, -0.2) is 6.71 Å². The van der Waals surface area contributed by atoms with Crippen molar-refractivity contribution in [1.29, 1.82) is 0 Å². The van der Waals surface area contributed by atoms with E-state index in [9.17, 15) is 0 Å². The zero-order valence-corrected chi connectivity index (χ0v) is 27.1. The van der Waals surface area contributed by atoms with Gasteiger partial charge in [-0.3, -0.25) is 0 Å². The molecule has 0 fully saturated rings. The molecule has 1 aliphatic carbocycles. The van der Waals surface area contributed by atoms with Gasteiger partial charge in [-0.1, -0.05) is 98.8 Å². The maximum absolute atomic E-state index is 6.83. The topological polar surface area (TPSA) is 21.7 Å². The van der Waals surface area contributed by atoms with Crippen molar-refractivity contribution in [3.05, 3.63) is 156 Å². The summed E-state index contributed by atoms with van der Waals surface area (Å²) in [4.78, 5) is 2.38. The highest BCUT2D eigenvalue weighted by Crippen LogP contribution is 2.52. The van der Waals surface area contributed by atoms with Gasteiger partial charge < -0.3 is 14.4 Å². The first-order valence-corrected chi connectivity index (χ1v) is 16.7. The molecule has 7 aromatic carbocycles. The van der Waals surface area contributed by atoms with Gasteiger partial charge in [-0.2, -0.15) is 0 Å². The molecule has 0 bridgehead atoms. The fourth-order valence-electron chi connectivity index (χ4n) is 8.42. The van der Waals surface area contributed by atoms with Crippen molar-refractivity contribution in [3.63, 3.8) is 0 Å². The fraction of sp³-hybridized carbons (Fsp3) is 0.0909. The number of rotatable bonds is 3. The van der Waals surface area contributed by atoms with Crippen molar-refractivity contribution in [3.8, 4) is 34.1 Å². The van der Waals surface area contributed by atoms with E-state index >= 15 is 0 Å². The lowest BCUT2D eigenvalue weighted by Gasteiger charge is -2.39. The van der Waals surface area contributed by atoms with Crippen LogP contribution in [0, 0.1) is 6.92 Å². The van der Waals surface area contributed by atoms with Crippen LogP contribution in [-0.2, 0) is 5.41 Å². The molecule has 0 spiro atoms. The smallest absolute Gasteiger partial charge is 0.260 e. The van der Waals surface area contributed by atoms with Crippen molar-refractivity contribution in [2.24, 2.45) is 0 Å². The van der Waals surface area contributed by atoms with Crippen molar-refractivity contribution in [1.82, 2.24) is 0 Å². The summed E-state index contributed by atoms with van der Waals surface area (Å²) in [5.74, 6) is 3.61. The van der Waals surface area contributed by atoms with Gasteiger partial charge in [0.05, 0.1) is 5.69 Å². The van der Waals surface area contributed by atoms with Crippen LogP contribution in [0.15, 0.2) is 140 Å². The summed E-state index contributed by atoms with van der Waals surface area (Å²) in [6, 6.07) is 50.3. The second kappa shape index (κ2) is 9.89. The van der Waals surface area contributed by atoms with Crippen LogP contribution in [0.5, 0.6) is 23.0 Å². The Morgan fingerprint density at radius 1 is 0.542 bits per heavy atom. The molecule has 2 aliphatic heterocycles. The highest BCUT2D eigenvalue weighted by atomic mass is 16.5. The van der Waals surface area contributed by atoms with Gasteiger partial charge in [-0.15, -0.1) is 0 Å². The maximum atomic E-state index is 6.83. The quantitative estimate of drug-likeness (QED) is 0.184. The van der Waals surface area contributed by atoms with E-state index in [0.29, 0.717) is 0 Å². The highest BCUT2D eigenvalue weighted by Gasteiger charge is 2.43. The number of hydrogen-bond acceptors (Lipinski definition) is 3. The first kappa shape index (κ1) is 27.4. The van der Waals surface area contributed by atoms with Gasteiger partial charge in [0.1, 0.15) is 23.0 Å². The van der Waals surface area contributed by atoms with Gasteiger partial charge >= 0.3 is 0 Å². The molecule has 0 N–H and O–H groups in total. The van der Waals surface area contributed by atoms with E-state index in [4.69, 9.17) is 9.47 Å². The zero-order chi connectivity index (χ0) is 32.1. The van der Waals surface area contributed by atoms with E-state index in [1.165, 1.54) is 44.0 Å². The standard InChI is InChI=1S/C44H32BNO2/c1-27-23-40-43-41(24-27)48-39-25-32-30-21-22-37(46(28-13-6-4-7-14-28)29-15-8-5-9-16-29)31-17-12-18-33(42(30)31)44(2,3)34(32)26-36(39)45(43)35-19-10-11-20-38(35)47-40/h4-26H,1-3H3.